The number of aromatic nitrogens is 4. The van der Waals surface area contributed by atoms with E-state index in [9.17, 15) is 19.2 Å². The number of benzene rings is 2. The number of aromatic amines is 2. The van der Waals surface area contributed by atoms with Crippen molar-refractivity contribution in [3.63, 3.8) is 0 Å². The summed E-state index contributed by atoms with van der Waals surface area (Å²) in [5.41, 5.74) is 5.83. The quantitative estimate of drug-likeness (QED) is 0.127. The number of nitrogens with one attached hydrogen (secondary N) is 4. The molecule has 0 aliphatic carbocycles. The first-order valence-corrected chi connectivity index (χ1v) is 19.1. The fourth-order valence-corrected chi connectivity index (χ4v) is 7.58. The second-order valence-corrected chi connectivity index (χ2v) is 15.0. The van der Waals surface area contributed by atoms with Crippen molar-refractivity contribution in [3.05, 3.63) is 72.6 Å². The number of H-pyrrole nitrogens is 2. The summed E-state index contributed by atoms with van der Waals surface area (Å²) in [6, 6.07) is 15.5. The van der Waals surface area contributed by atoms with E-state index < -0.39 is 18.2 Å². The molecule has 292 valence electrons. The Kier molecular flexibility index (Phi) is 12.2. The topological polar surface area (TPSA) is 175 Å². The molecule has 0 saturated carbocycles. The average molecular weight is 753 g/mol. The standard InChI is InChI=1S/C41H52N8O6/c1-24(2)30(21-44-40(52)54-5)38(50)48-19-7-9-33(48)36-42-22-31(45-36)28-15-11-26(12-16-28)27-13-17-29(18-14-27)32-23-43-37(46-32)34-10-8-20-49(34)39(51)35(25(3)4)47-41(53)55-6/h11-18,22-25,30,33-35H,7-10,19-21H2,1-6H3,(H,42,45)(H,43,46)(H,44,52)(H,47,53)/t30-,33?,34?,35-/m0/s1. The van der Waals surface area contributed by atoms with Crippen LogP contribution < -0.4 is 10.6 Å². The van der Waals surface area contributed by atoms with Gasteiger partial charge in [-0.2, -0.15) is 0 Å². The Morgan fingerprint density at radius 2 is 1.15 bits per heavy atom. The molecule has 4 atom stereocenters. The second kappa shape index (κ2) is 17.2. The maximum atomic E-state index is 13.6. The third kappa shape index (κ3) is 8.68. The minimum absolute atomic E-state index is 0.00813. The number of likely N-dealkylation sites (tertiary alicyclic amines) is 2. The first kappa shape index (κ1) is 39.0. The van der Waals surface area contributed by atoms with Gasteiger partial charge >= 0.3 is 12.2 Å². The van der Waals surface area contributed by atoms with E-state index in [1.807, 2.05) is 43.7 Å². The molecule has 14 nitrogen and oxygen atoms in total. The van der Waals surface area contributed by atoms with Crippen LogP contribution in [0.2, 0.25) is 0 Å². The lowest BCUT2D eigenvalue weighted by atomic mass is 9.94. The summed E-state index contributed by atoms with van der Waals surface area (Å²) < 4.78 is 9.46. The molecule has 0 radical (unpaired) electrons. The number of imidazole rings is 2. The lowest BCUT2D eigenvalue weighted by molar-refractivity contribution is -0.138. The van der Waals surface area contributed by atoms with Gasteiger partial charge in [0, 0.05) is 19.6 Å². The van der Waals surface area contributed by atoms with Crippen LogP contribution in [0.15, 0.2) is 60.9 Å². The van der Waals surface area contributed by atoms with Crippen LogP contribution in [0, 0.1) is 17.8 Å². The Morgan fingerprint density at radius 3 is 1.58 bits per heavy atom. The summed E-state index contributed by atoms with van der Waals surface area (Å²) in [7, 11) is 2.60. The van der Waals surface area contributed by atoms with Crippen LogP contribution >= 0.6 is 0 Å². The molecule has 4 amide bonds. The van der Waals surface area contributed by atoms with Gasteiger partial charge in [-0.1, -0.05) is 76.2 Å². The van der Waals surface area contributed by atoms with Crippen LogP contribution in [-0.4, -0.2) is 93.6 Å². The second-order valence-electron chi connectivity index (χ2n) is 15.0. The molecule has 2 fully saturated rings. The normalized spacial score (nSPS) is 18.0. The molecule has 2 aromatic heterocycles. The van der Waals surface area contributed by atoms with Gasteiger partial charge in [-0.25, -0.2) is 19.6 Å². The Morgan fingerprint density at radius 1 is 0.691 bits per heavy atom. The lowest BCUT2D eigenvalue weighted by Gasteiger charge is -2.30. The molecule has 2 unspecified atom stereocenters. The SMILES string of the molecule is COC(=O)NC[C@H](C(=O)N1CCCC1c1ncc(-c2ccc(-c3ccc(-c4cnc(C5CCCN5C(=O)[C@@H](NC(=O)OC)C(C)C)[nH]4)cc3)cc2)[nH]1)C(C)C. The van der Waals surface area contributed by atoms with Crippen LogP contribution in [0.1, 0.15) is 77.1 Å². The van der Waals surface area contributed by atoms with Gasteiger partial charge in [0.05, 0.1) is 56.0 Å². The highest BCUT2D eigenvalue weighted by atomic mass is 16.5. The van der Waals surface area contributed by atoms with Gasteiger partial charge in [-0.3, -0.25) is 9.59 Å². The molecule has 0 spiro atoms. The third-order valence-corrected chi connectivity index (χ3v) is 10.8. The summed E-state index contributed by atoms with van der Waals surface area (Å²) in [5, 5.41) is 5.39. The van der Waals surface area contributed by atoms with E-state index in [0.29, 0.717) is 13.1 Å². The first-order valence-electron chi connectivity index (χ1n) is 19.1. The van der Waals surface area contributed by atoms with Crippen molar-refractivity contribution in [3.8, 4) is 33.6 Å². The Balaban J connectivity index is 1.10. The molecule has 2 aliphatic rings. The van der Waals surface area contributed by atoms with Crippen molar-refractivity contribution in [1.29, 1.82) is 0 Å². The minimum Gasteiger partial charge on any atom is -0.453 e. The van der Waals surface area contributed by atoms with Gasteiger partial charge in [-0.05, 0) is 59.8 Å². The number of nitrogens with zero attached hydrogens (tertiary/aromatic N) is 4. The number of amides is 4. The molecular weight excluding hydrogens is 701 g/mol. The summed E-state index contributed by atoms with van der Waals surface area (Å²) in [6.07, 6.45) is 5.78. The zero-order valence-electron chi connectivity index (χ0n) is 32.4. The summed E-state index contributed by atoms with van der Waals surface area (Å²) in [5.74, 6) is 0.924. The molecule has 4 aromatic rings. The monoisotopic (exact) mass is 752 g/mol. The van der Waals surface area contributed by atoms with Crippen molar-refractivity contribution in [1.82, 2.24) is 40.4 Å². The largest absolute Gasteiger partial charge is 0.453 e. The van der Waals surface area contributed by atoms with Gasteiger partial charge < -0.3 is 39.9 Å². The van der Waals surface area contributed by atoms with Crippen LogP contribution in [0.5, 0.6) is 0 Å². The van der Waals surface area contributed by atoms with E-state index >= 15 is 0 Å². The highest BCUT2D eigenvalue weighted by Crippen LogP contribution is 2.35. The van der Waals surface area contributed by atoms with E-state index in [1.165, 1.54) is 14.2 Å². The zero-order valence-corrected chi connectivity index (χ0v) is 32.4. The van der Waals surface area contributed by atoms with E-state index in [1.54, 1.807) is 6.20 Å². The number of hydrogen-bond acceptors (Lipinski definition) is 8. The van der Waals surface area contributed by atoms with Gasteiger partial charge in [0.25, 0.3) is 0 Å². The van der Waals surface area contributed by atoms with Crippen molar-refractivity contribution >= 4 is 24.0 Å². The number of ether oxygens (including phenoxy) is 2. The van der Waals surface area contributed by atoms with Crippen LogP contribution in [-0.2, 0) is 19.1 Å². The van der Waals surface area contributed by atoms with Gasteiger partial charge in [0.2, 0.25) is 11.8 Å². The Hall–Kier alpha value is -5.66. The van der Waals surface area contributed by atoms with E-state index in [-0.39, 0.29) is 48.2 Å². The molecular formula is C41H52N8O6. The number of rotatable bonds is 12. The van der Waals surface area contributed by atoms with Crippen molar-refractivity contribution < 1.29 is 28.7 Å². The Bertz CT molecular complexity index is 1950. The molecule has 55 heavy (non-hydrogen) atoms. The van der Waals surface area contributed by atoms with Gasteiger partial charge in [-0.15, -0.1) is 0 Å². The van der Waals surface area contributed by atoms with E-state index in [0.717, 1.165) is 71.0 Å². The first-order chi connectivity index (χ1) is 26.5. The lowest BCUT2D eigenvalue weighted by Crippen LogP contribution is -2.51. The van der Waals surface area contributed by atoms with E-state index in [4.69, 9.17) is 14.5 Å². The molecule has 14 heteroatoms. The molecule has 6 rings (SSSR count). The summed E-state index contributed by atoms with van der Waals surface area (Å²) in [6.45, 7) is 9.23. The molecule has 4 N–H and O–H groups in total. The number of carbonyl (C=O) groups is 4. The van der Waals surface area contributed by atoms with Gasteiger partial charge in [0.15, 0.2) is 0 Å². The third-order valence-electron chi connectivity index (χ3n) is 10.8. The fraction of sp³-hybridized carbons (Fsp3) is 0.463. The molecule has 4 heterocycles. The average Bonchev–Trinajstić information content (AvgIpc) is 4.03. The maximum Gasteiger partial charge on any atom is 0.407 e. The van der Waals surface area contributed by atoms with Crippen molar-refractivity contribution in [2.24, 2.45) is 17.8 Å². The van der Waals surface area contributed by atoms with Crippen LogP contribution in [0.25, 0.3) is 33.6 Å². The zero-order chi connectivity index (χ0) is 39.2. The fourth-order valence-electron chi connectivity index (χ4n) is 7.58. The van der Waals surface area contributed by atoms with Crippen molar-refractivity contribution in [2.45, 2.75) is 71.5 Å². The number of alkyl carbamates (subject to hydrolysis) is 2. The number of carbonyl (C=O) groups excluding carboxylic acids is 4. The highest BCUT2D eigenvalue weighted by molar-refractivity contribution is 5.86. The van der Waals surface area contributed by atoms with Crippen molar-refractivity contribution in [2.75, 3.05) is 33.9 Å². The predicted octanol–water partition coefficient (Wildman–Crippen LogP) is 6.47. The molecule has 2 aliphatic heterocycles. The van der Waals surface area contributed by atoms with Crippen LogP contribution in [0.3, 0.4) is 0 Å². The number of methoxy groups -OCH3 is 2. The predicted molar refractivity (Wildman–Crippen MR) is 207 cm³/mol. The molecule has 2 aromatic carbocycles. The maximum absolute atomic E-state index is 13.6. The summed E-state index contributed by atoms with van der Waals surface area (Å²) in [4.78, 5) is 70.8. The van der Waals surface area contributed by atoms with Crippen LogP contribution in [0.4, 0.5) is 9.59 Å². The highest BCUT2D eigenvalue weighted by Gasteiger charge is 2.38. The molecule has 0 bridgehead atoms. The van der Waals surface area contributed by atoms with Gasteiger partial charge in [0.1, 0.15) is 17.7 Å². The molecule has 2 saturated heterocycles. The smallest absolute Gasteiger partial charge is 0.407 e. The number of hydrogen-bond donors (Lipinski definition) is 4. The minimum atomic E-state index is -0.686. The Labute approximate surface area is 321 Å². The summed E-state index contributed by atoms with van der Waals surface area (Å²) >= 11 is 0. The van der Waals surface area contributed by atoms with E-state index in [2.05, 4.69) is 74.1 Å².